The Morgan fingerprint density at radius 1 is 1.19 bits per heavy atom. The molecule has 0 aliphatic carbocycles. The van der Waals surface area contributed by atoms with Crippen molar-refractivity contribution in [3.8, 4) is 16.3 Å². The molecule has 140 valence electrons. The summed E-state index contributed by atoms with van der Waals surface area (Å²) in [4.78, 5) is 15.3. The van der Waals surface area contributed by atoms with Crippen molar-refractivity contribution in [1.82, 2.24) is 15.1 Å². The number of amides is 1. The summed E-state index contributed by atoms with van der Waals surface area (Å²) in [5.74, 6) is 1.10. The molecule has 3 heterocycles. The molecule has 1 aliphatic rings. The number of rotatable bonds is 4. The Morgan fingerprint density at radius 2 is 2.00 bits per heavy atom. The van der Waals surface area contributed by atoms with Crippen LogP contribution >= 0.6 is 34.3 Å². The van der Waals surface area contributed by atoms with Crippen LogP contribution in [0.3, 0.4) is 0 Å². The van der Waals surface area contributed by atoms with E-state index in [4.69, 9.17) is 16.3 Å². The van der Waals surface area contributed by atoms with Gasteiger partial charge >= 0.3 is 0 Å². The smallest absolute Gasteiger partial charge is 0.263 e. The Kier molecular flexibility index (Phi) is 5.43. The number of thiophene rings is 1. The molecule has 0 bridgehead atoms. The van der Waals surface area contributed by atoms with E-state index in [0.717, 1.165) is 40.7 Å². The average Bonchev–Trinajstić information content (AvgIpc) is 3.37. The van der Waals surface area contributed by atoms with E-state index in [1.54, 1.807) is 30.6 Å². The molecule has 3 aromatic rings. The standard InChI is InChI=1S/C19H18ClN3O2S2/c1-25-14-6-4-12(5-7-14)17-21-22-18(27-17)13-3-2-10-23(11-13)19(24)15-8-9-16(20)26-15/h4-9,13H,2-3,10-11H2,1H3. The van der Waals surface area contributed by atoms with Gasteiger partial charge in [-0.3, -0.25) is 4.79 Å². The van der Waals surface area contributed by atoms with E-state index in [9.17, 15) is 4.79 Å². The second kappa shape index (κ2) is 7.96. The Morgan fingerprint density at radius 3 is 2.70 bits per heavy atom. The van der Waals surface area contributed by atoms with Crippen LogP contribution in [-0.2, 0) is 0 Å². The van der Waals surface area contributed by atoms with Crippen LogP contribution in [-0.4, -0.2) is 41.2 Å². The minimum absolute atomic E-state index is 0.0523. The zero-order valence-corrected chi connectivity index (χ0v) is 17.1. The third-order valence-electron chi connectivity index (χ3n) is 4.62. The molecule has 0 N–H and O–H groups in total. The minimum atomic E-state index is 0.0523. The van der Waals surface area contributed by atoms with E-state index in [0.29, 0.717) is 15.8 Å². The van der Waals surface area contributed by atoms with Gasteiger partial charge < -0.3 is 9.64 Å². The van der Waals surface area contributed by atoms with Gasteiger partial charge in [0.1, 0.15) is 15.8 Å². The maximum atomic E-state index is 12.7. The van der Waals surface area contributed by atoms with Crippen LogP contribution in [0.1, 0.15) is 33.4 Å². The first-order chi connectivity index (χ1) is 13.1. The lowest BCUT2D eigenvalue weighted by molar-refractivity contribution is 0.0712. The number of hydrogen-bond acceptors (Lipinski definition) is 6. The number of nitrogens with zero attached hydrogens (tertiary/aromatic N) is 3. The first kappa shape index (κ1) is 18.4. The van der Waals surface area contributed by atoms with Crippen molar-refractivity contribution in [3.05, 3.63) is 50.6 Å². The number of benzene rings is 1. The van der Waals surface area contributed by atoms with Gasteiger partial charge in [-0.05, 0) is 49.2 Å². The lowest BCUT2D eigenvalue weighted by Crippen LogP contribution is -2.38. The Bertz CT molecular complexity index is 939. The number of hydrogen-bond donors (Lipinski definition) is 0. The van der Waals surface area contributed by atoms with Gasteiger partial charge in [0, 0.05) is 24.6 Å². The molecular formula is C19H18ClN3O2S2. The summed E-state index contributed by atoms with van der Waals surface area (Å²) in [5.41, 5.74) is 1.02. The monoisotopic (exact) mass is 419 g/mol. The maximum Gasteiger partial charge on any atom is 0.263 e. The maximum absolute atomic E-state index is 12.7. The van der Waals surface area contributed by atoms with E-state index in [1.807, 2.05) is 29.2 Å². The van der Waals surface area contributed by atoms with Gasteiger partial charge in [-0.15, -0.1) is 21.5 Å². The quantitative estimate of drug-likeness (QED) is 0.600. The van der Waals surface area contributed by atoms with Gasteiger partial charge in [0.25, 0.3) is 5.91 Å². The summed E-state index contributed by atoms with van der Waals surface area (Å²) < 4.78 is 5.84. The van der Waals surface area contributed by atoms with Gasteiger partial charge in [0.05, 0.1) is 16.3 Å². The molecular weight excluding hydrogens is 402 g/mol. The number of likely N-dealkylation sites (tertiary alicyclic amines) is 1. The lowest BCUT2D eigenvalue weighted by atomic mass is 9.98. The molecule has 1 aromatic carbocycles. The molecule has 1 fully saturated rings. The van der Waals surface area contributed by atoms with E-state index >= 15 is 0 Å². The fraction of sp³-hybridized carbons (Fsp3) is 0.316. The number of carbonyl (C=O) groups excluding carboxylic acids is 1. The summed E-state index contributed by atoms with van der Waals surface area (Å²) >= 11 is 8.90. The highest BCUT2D eigenvalue weighted by atomic mass is 35.5. The highest BCUT2D eigenvalue weighted by Crippen LogP contribution is 2.34. The number of methoxy groups -OCH3 is 1. The molecule has 4 rings (SSSR count). The van der Waals surface area contributed by atoms with Gasteiger partial charge in [-0.25, -0.2) is 0 Å². The highest BCUT2D eigenvalue weighted by Gasteiger charge is 2.28. The molecule has 1 saturated heterocycles. The van der Waals surface area contributed by atoms with Crippen LogP contribution < -0.4 is 4.74 Å². The largest absolute Gasteiger partial charge is 0.497 e. The number of halogens is 1. The lowest BCUT2D eigenvalue weighted by Gasteiger charge is -2.31. The van der Waals surface area contributed by atoms with Crippen LogP contribution in [0.25, 0.3) is 10.6 Å². The Hall–Kier alpha value is -1.96. The summed E-state index contributed by atoms with van der Waals surface area (Å²) in [5, 5.41) is 10.6. The van der Waals surface area contributed by atoms with Crippen LogP contribution in [0.4, 0.5) is 0 Å². The van der Waals surface area contributed by atoms with Gasteiger partial charge in [0.15, 0.2) is 0 Å². The van der Waals surface area contributed by atoms with Crippen LogP contribution in [0.5, 0.6) is 5.75 Å². The van der Waals surface area contributed by atoms with Crippen molar-refractivity contribution in [2.75, 3.05) is 20.2 Å². The summed E-state index contributed by atoms with van der Waals surface area (Å²) in [6, 6.07) is 11.4. The van der Waals surface area contributed by atoms with E-state index in [1.165, 1.54) is 11.3 Å². The summed E-state index contributed by atoms with van der Waals surface area (Å²) in [6.45, 7) is 1.45. The molecule has 1 unspecified atom stereocenters. The molecule has 0 radical (unpaired) electrons. The molecule has 0 saturated carbocycles. The molecule has 1 atom stereocenters. The van der Waals surface area contributed by atoms with Gasteiger partial charge in [-0.1, -0.05) is 22.9 Å². The van der Waals surface area contributed by atoms with Crippen molar-refractivity contribution in [3.63, 3.8) is 0 Å². The zero-order chi connectivity index (χ0) is 18.8. The molecule has 27 heavy (non-hydrogen) atoms. The zero-order valence-electron chi connectivity index (χ0n) is 14.7. The topological polar surface area (TPSA) is 55.3 Å². The van der Waals surface area contributed by atoms with Crippen molar-refractivity contribution >= 4 is 40.2 Å². The normalized spacial score (nSPS) is 17.1. The first-order valence-corrected chi connectivity index (χ1v) is 10.7. The van der Waals surface area contributed by atoms with E-state index < -0.39 is 0 Å². The highest BCUT2D eigenvalue weighted by molar-refractivity contribution is 7.18. The number of piperidine rings is 1. The summed E-state index contributed by atoms with van der Waals surface area (Å²) in [7, 11) is 1.65. The number of carbonyl (C=O) groups is 1. The van der Waals surface area contributed by atoms with Crippen molar-refractivity contribution in [2.24, 2.45) is 0 Å². The molecule has 1 amide bonds. The van der Waals surface area contributed by atoms with Crippen molar-refractivity contribution < 1.29 is 9.53 Å². The second-order valence-corrected chi connectivity index (χ2v) is 9.09. The fourth-order valence-corrected chi connectivity index (χ4v) is 5.18. The fourth-order valence-electron chi connectivity index (χ4n) is 3.20. The average molecular weight is 420 g/mol. The van der Waals surface area contributed by atoms with Crippen LogP contribution in [0.2, 0.25) is 4.34 Å². The number of aromatic nitrogens is 2. The molecule has 5 nitrogen and oxygen atoms in total. The third-order valence-corrected chi connectivity index (χ3v) is 6.97. The predicted octanol–water partition coefficient (Wildman–Crippen LogP) is 4.95. The first-order valence-electron chi connectivity index (χ1n) is 8.66. The van der Waals surface area contributed by atoms with Crippen molar-refractivity contribution in [1.29, 1.82) is 0 Å². The molecule has 2 aromatic heterocycles. The third kappa shape index (κ3) is 4.00. The van der Waals surface area contributed by atoms with Gasteiger partial charge in [-0.2, -0.15) is 0 Å². The van der Waals surface area contributed by atoms with Crippen LogP contribution in [0, 0.1) is 0 Å². The Balaban J connectivity index is 1.48. The second-order valence-electron chi connectivity index (χ2n) is 6.37. The summed E-state index contributed by atoms with van der Waals surface area (Å²) in [6.07, 6.45) is 1.99. The molecule has 1 aliphatic heterocycles. The van der Waals surface area contributed by atoms with E-state index in [-0.39, 0.29) is 11.8 Å². The number of ether oxygens (including phenoxy) is 1. The molecule has 0 spiro atoms. The molecule has 8 heteroatoms. The van der Waals surface area contributed by atoms with Crippen molar-refractivity contribution in [2.45, 2.75) is 18.8 Å². The van der Waals surface area contributed by atoms with Crippen LogP contribution in [0.15, 0.2) is 36.4 Å². The van der Waals surface area contributed by atoms with Gasteiger partial charge in [0.2, 0.25) is 0 Å². The Labute approximate surface area is 170 Å². The minimum Gasteiger partial charge on any atom is -0.497 e. The van der Waals surface area contributed by atoms with E-state index in [2.05, 4.69) is 10.2 Å². The predicted molar refractivity (Wildman–Crippen MR) is 109 cm³/mol. The SMILES string of the molecule is COc1ccc(-c2nnc(C3CCCN(C(=O)c4ccc(Cl)s4)C3)s2)cc1.